The molecule has 0 amide bonds. The number of halogens is 6. The Kier molecular flexibility index (Phi) is 6.65. The van der Waals surface area contributed by atoms with E-state index in [-0.39, 0.29) is 36.6 Å². The number of aromatic nitrogens is 1. The van der Waals surface area contributed by atoms with E-state index in [2.05, 4.69) is 4.98 Å². The van der Waals surface area contributed by atoms with E-state index < -0.39 is 5.97 Å². The van der Waals surface area contributed by atoms with Crippen LogP contribution >= 0.6 is 69.6 Å². The van der Waals surface area contributed by atoms with Crippen molar-refractivity contribution in [2.75, 3.05) is 0 Å². The van der Waals surface area contributed by atoms with E-state index >= 15 is 0 Å². The first-order chi connectivity index (χ1) is 13.2. The van der Waals surface area contributed by atoms with Crippen LogP contribution in [0, 0.1) is 0 Å². The van der Waals surface area contributed by atoms with Crippen LogP contribution in [0.1, 0.15) is 5.56 Å². The molecular weight excluding hydrogens is 487 g/mol. The van der Waals surface area contributed by atoms with Gasteiger partial charge >= 0.3 is 5.97 Å². The molecule has 28 heavy (non-hydrogen) atoms. The highest BCUT2D eigenvalue weighted by Crippen LogP contribution is 2.43. The Hall–Kier alpha value is -1.20. The fourth-order valence-corrected chi connectivity index (χ4v) is 4.04. The molecule has 0 aliphatic heterocycles. The molecule has 1 N–H and O–H groups in total. The average molecular weight is 496 g/mol. The van der Waals surface area contributed by atoms with Gasteiger partial charge in [-0.05, 0) is 17.7 Å². The van der Waals surface area contributed by atoms with Gasteiger partial charge in [-0.2, -0.15) is 0 Å². The number of carbonyl (C=O) groups is 1. The van der Waals surface area contributed by atoms with Gasteiger partial charge in [0.15, 0.2) is 0 Å². The third-order valence-electron chi connectivity index (χ3n) is 4.04. The zero-order valence-corrected chi connectivity index (χ0v) is 18.3. The van der Waals surface area contributed by atoms with Gasteiger partial charge in [-0.25, -0.2) is 0 Å². The van der Waals surface area contributed by atoms with Crippen LogP contribution in [0.4, 0.5) is 0 Å². The Labute approximate surface area is 190 Å². The highest BCUT2D eigenvalue weighted by atomic mass is 35.5. The van der Waals surface area contributed by atoms with E-state index in [9.17, 15) is 9.90 Å². The minimum absolute atomic E-state index is 0.167. The smallest absolute Gasteiger partial charge is 0.307 e. The molecule has 0 saturated heterocycles. The summed E-state index contributed by atoms with van der Waals surface area (Å²) in [4.78, 5) is 15.8. The summed E-state index contributed by atoms with van der Waals surface area (Å²) in [5, 5.41) is 10.8. The van der Waals surface area contributed by atoms with Gasteiger partial charge in [0.1, 0.15) is 0 Å². The first-order valence-electron chi connectivity index (χ1n) is 7.68. The SMILES string of the molecule is O=C(O)Cc1c(-c2ccc(Cl)c(Cl)c2Cl)cncc1-c1ccc(Cl)c(Cl)c1Cl. The van der Waals surface area contributed by atoms with Crippen molar-refractivity contribution in [2.24, 2.45) is 0 Å². The first kappa shape index (κ1) is 21.5. The van der Waals surface area contributed by atoms with Gasteiger partial charge in [0.2, 0.25) is 0 Å². The second-order valence-electron chi connectivity index (χ2n) is 5.73. The van der Waals surface area contributed by atoms with Crippen LogP contribution in [-0.4, -0.2) is 16.1 Å². The largest absolute Gasteiger partial charge is 0.481 e. The Balaban J connectivity index is 2.33. The molecule has 9 heteroatoms. The summed E-state index contributed by atoms with van der Waals surface area (Å²) in [5.74, 6) is -1.04. The predicted molar refractivity (Wildman–Crippen MR) is 117 cm³/mol. The fourth-order valence-electron chi connectivity index (χ4n) is 2.76. The number of hydrogen-bond donors (Lipinski definition) is 1. The number of nitrogens with zero attached hydrogens (tertiary/aromatic N) is 1. The minimum Gasteiger partial charge on any atom is -0.481 e. The standard InChI is InChI=1S/C19H9Cl6NO2/c20-13-3-1-8(16(22)18(13)24)11-6-26-7-12(10(11)5-15(27)28)9-2-4-14(21)19(25)17(9)23/h1-4,6-7H,5H2,(H,27,28). The van der Waals surface area contributed by atoms with Crippen LogP contribution < -0.4 is 0 Å². The lowest BCUT2D eigenvalue weighted by Gasteiger charge is -2.16. The lowest BCUT2D eigenvalue weighted by Crippen LogP contribution is -2.05. The van der Waals surface area contributed by atoms with E-state index in [4.69, 9.17) is 69.6 Å². The second-order valence-corrected chi connectivity index (χ2v) is 8.06. The topological polar surface area (TPSA) is 50.2 Å². The number of aliphatic carboxylic acids is 1. The average Bonchev–Trinajstić information content (AvgIpc) is 2.65. The highest BCUT2D eigenvalue weighted by molar-refractivity contribution is 6.50. The third kappa shape index (κ3) is 4.06. The van der Waals surface area contributed by atoms with Crippen molar-refractivity contribution in [3.8, 4) is 22.3 Å². The van der Waals surface area contributed by atoms with Crippen molar-refractivity contribution in [1.29, 1.82) is 0 Å². The molecule has 0 bridgehead atoms. The molecule has 0 unspecified atom stereocenters. The van der Waals surface area contributed by atoms with Gasteiger partial charge in [-0.1, -0.05) is 81.7 Å². The zero-order valence-electron chi connectivity index (χ0n) is 13.7. The summed E-state index contributed by atoms with van der Waals surface area (Å²) in [6, 6.07) is 6.46. The van der Waals surface area contributed by atoms with Crippen LogP contribution in [0.3, 0.4) is 0 Å². The molecule has 1 heterocycles. The molecule has 0 fully saturated rings. The number of hydrogen-bond acceptors (Lipinski definition) is 2. The lowest BCUT2D eigenvalue weighted by atomic mass is 9.92. The molecule has 0 aliphatic carbocycles. The van der Waals surface area contributed by atoms with E-state index in [1.807, 2.05) is 0 Å². The molecular formula is C19H9Cl6NO2. The number of pyridine rings is 1. The molecule has 2 aromatic carbocycles. The number of rotatable bonds is 4. The number of carboxylic acid groups (broad SMARTS) is 1. The first-order valence-corrected chi connectivity index (χ1v) is 9.95. The maximum atomic E-state index is 11.6. The molecule has 1 aromatic heterocycles. The van der Waals surface area contributed by atoms with Gasteiger partial charge in [-0.3, -0.25) is 9.78 Å². The van der Waals surface area contributed by atoms with Crippen LogP contribution in [0.15, 0.2) is 36.7 Å². The molecule has 0 aliphatic rings. The Morgan fingerprint density at radius 2 is 1.14 bits per heavy atom. The molecule has 0 saturated carbocycles. The molecule has 3 nitrogen and oxygen atoms in total. The molecule has 3 aromatic rings. The quantitative estimate of drug-likeness (QED) is 0.373. The molecule has 0 atom stereocenters. The van der Waals surface area contributed by atoms with Crippen molar-refractivity contribution in [1.82, 2.24) is 4.98 Å². The van der Waals surface area contributed by atoms with Crippen molar-refractivity contribution in [3.05, 3.63) is 72.4 Å². The maximum Gasteiger partial charge on any atom is 0.307 e. The van der Waals surface area contributed by atoms with Crippen molar-refractivity contribution < 1.29 is 9.90 Å². The summed E-state index contributed by atoms with van der Waals surface area (Å²) < 4.78 is 0. The van der Waals surface area contributed by atoms with Crippen LogP contribution in [-0.2, 0) is 11.2 Å². The van der Waals surface area contributed by atoms with Gasteiger partial charge in [0.25, 0.3) is 0 Å². The molecule has 3 rings (SSSR count). The monoisotopic (exact) mass is 493 g/mol. The minimum atomic E-state index is -1.04. The molecule has 144 valence electrons. The van der Waals surface area contributed by atoms with Crippen molar-refractivity contribution >= 4 is 75.6 Å². The lowest BCUT2D eigenvalue weighted by molar-refractivity contribution is -0.136. The van der Waals surface area contributed by atoms with Gasteiger partial charge in [0.05, 0.1) is 36.6 Å². The van der Waals surface area contributed by atoms with Crippen molar-refractivity contribution in [2.45, 2.75) is 6.42 Å². The second kappa shape index (κ2) is 8.66. The summed E-state index contributed by atoms with van der Waals surface area (Å²) in [6.45, 7) is 0. The van der Waals surface area contributed by atoms with Crippen LogP contribution in [0.5, 0.6) is 0 Å². The Morgan fingerprint density at radius 3 is 1.54 bits per heavy atom. The molecule has 0 radical (unpaired) electrons. The van der Waals surface area contributed by atoms with Crippen LogP contribution in [0.2, 0.25) is 30.1 Å². The fraction of sp³-hybridized carbons (Fsp3) is 0.0526. The summed E-state index contributed by atoms with van der Waals surface area (Å²) in [6.07, 6.45) is 2.72. The number of carboxylic acids is 1. The number of benzene rings is 2. The van der Waals surface area contributed by atoms with E-state index in [0.717, 1.165) is 0 Å². The van der Waals surface area contributed by atoms with Gasteiger partial charge in [0, 0.05) is 34.6 Å². The van der Waals surface area contributed by atoms with Crippen molar-refractivity contribution in [3.63, 3.8) is 0 Å². The summed E-state index contributed by atoms with van der Waals surface area (Å²) >= 11 is 37.1. The summed E-state index contributed by atoms with van der Waals surface area (Å²) in [5.41, 5.74) is 2.43. The Bertz CT molecular complexity index is 1020. The van der Waals surface area contributed by atoms with Crippen LogP contribution in [0.25, 0.3) is 22.3 Å². The zero-order chi connectivity index (χ0) is 20.6. The van der Waals surface area contributed by atoms with E-state index in [0.29, 0.717) is 27.8 Å². The predicted octanol–water partition coefficient (Wildman–Crippen LogP) is 7.96. The Morgan fingerprint density at radius 1 is 0.714 bits per heavy atom. The van der Waals surface area contributed by atoms with Gasteiger partial charge in [-0.15, -0.1) is 0 Å². The third-order valence-corrected chi connectivity index (χ3v) is 6.62. The highest BCUT2D eigenvalue weighted by Gasteiger charge is 2.21. The normalized spacial score (nSPS) is 10.9. The molecule has 0 spiro atoms. The van der Waals surface area contributed by atoms with E-state index in [1.165, 1.54) is 12.4 Å². The van der Waals surface area contributed by atoms with E-state index in [1.54, 1.807) is 24.3 Å². The van der Waals surface area contributed by atoms with Gasteiger partial charge < -0.3 is 5.11 Å². The summed E-state index contributed by atoms with van der Waals surface area (Å²) in [7, 11) is 0. The maximum absolute atomic E-state index is 11.6.